The third-order valence-electron chi connectivity index (χ3n) is 2.44. The molecule has 7 nitrogen and oxygen atoms in total. The third kappa shape index (κ3) is 7.43. The molecule has 0 bridgehead atoms. The minimum atomic E-state index is -1.27. The Morgan fingerprint density at radius 1 is 1.57 bits per heavy atom. The normalized spacial score (nSPS) is 13.7. The standard InChI is InChI=1S/C14H17FN2O5S/c1-3-10(14(18)19)8-12(17(20)21)13(9-23-16)22-11(4-2)6-5-7-15/h4-8H,2-3,9,16H2,1H3,(H,18,19)/b7-5+,10-8+,11-6+,13-12-. The van der Waals surface area contributed by atoms with Crippen LogP contribution in [0.25, 0.3) is 0 Å². The molecule has 0 aliphatic rings. The molecule has 0 atom stereocenters. The molecule has 0 rings (SSSR count). The minimum absolute atomic E-state index is 0.0454. The largest absolute Gasteiger partial charge is 0.478 e. The van der Waals surface area contributed by atoms with Gasteiger partial charge in [-0.1, -0.05) is 25.5 Å². The van der Waals surface area contributed by atoms with Gasteiger partial charge in [-0.2, -0.15) is 0 Å². The third-order valence-corrected chi connectivity index (χ3v) is 2.87. The van der Waals surface area contributed by atoms with Crippen molar-refractivity contribution in [1.82, 2.24) is 0 Å². The molecule has 23 heavy (non-hydrogen) atoms. The smallest absolute Gasteiger partial charge is 0.331 e. The summed E-state index contributed by atoms with van der Waals surface area (Å²) in [5, 5.41) is 25.6. The van der Waals surface area contributed by atoms with Crippen molar-refractivity contribution in [2.75, 3.05) is 5.75 Å². The maximum absolute atomic E-state index is 12.0. The topological polar surface area (TPSA) is 116 Å². The fourth-order valence-electron chi connectivity index (χ4n) is 1.36. The van der Waals surface area contributed by atoms with Crippen LogP contribution in [0, 0.1) is 10.1 Å². The Kier molecular flexibility index (Phi) is 10.0. The summed E-state index contributed by atoms with van der Waals surface area (Å²) in [6.07, 6.45) is 4.69. The lowest BCUT2D eigenvalue weighted by molar-refractivity contribution is -0.422. The number of nitrogens with zero attached hydrogens (tertiary/aromatic N) is 1. The van der Waals surface area contributed by atoms with Crippen LogP contribution >= 0.6 is 11.9 Å². The lowest BCUT2D eigenvalue weighted by Crippen LogP contribution is -2.10. The number of hydrogen-bond donors (Lipinski definition) is 2. The van der Waals surface area contributed by atoms with Gasteiger partial charge in [0.15, 0.2) is 5.76 Å². The Labute approximate surface area is 137 Å². The van der Waals surface area contributed by atoms with Gasteiger partial charge in [0.05, 0.1) is 17.0 Å². The van der Waals surface area contributed by atoms with E-state index >= 15 is 0 Å². The summed E-state index contributed by atoms with van der Waals surface area (Å²) in [5.74, 6) is -1.49. The van der Waals surface area contributed by atoms with Crippen LogP contribution in [-0.4, -0.2) is 21.8 Å². The van der Waals surface area contributed by atoms with Crippen molar-refractivity contribution in [3.8, 4) is 0 Å². The van der Waals surface area contributed by atoms with Gasteiger partial charge in [-0.15, -0.1) is 0 Å². The van der Waals surface area contributed by atoms with Crippen LogP contribution < -0.4 is 5.14 Å². The number of halogens is 1. The molecular formula is C14H17FN2O5S. The van der Waals surface area contributed by atoms with Gasteiger partial charge in [-0.25, -0.2) is 9.18 Å². The number of rotatable bonds is 10. The lowest BCUT2D eigenvalue weighted by atomic mass is 10.1. The SMILES string of the molecule is C=C/C(=C\C=C\F)O/C(CSN)=C(/C=C(\CC)C(=O)O)[N+](=O)[O-]. The maximum atomic E-state index is 12.0. The van der Waals surface area contributed by atoms with Crippen molar-refractivity contribution in [2.24, 2.45) is 5.14 Å². The summed E-state index contributed by atoms with van der Waals surface area (Å²) in [7, 11) is 0. The zero-order chi connectivity index (χ0) is 17.8. The van der Waals surface area contributed by atoms with E-state index in [4.69, 9.17) is 15.0 Å². The number of aliphatic carboxylic acids is 1. The summed E-state index contributed by atoms with van der Waals surface area (Å²) in [5.41, 5.74) is -0.702. The van der Waals surface area contributed by atoms with Gasteiger partial charge in [-0.3, -0.25) is 15.3 Å². The maximum Gasteiger partial charge on any atom is 0.331 e. The summed E-state index contributed by atoms with van der Waals surface area (Å²) < 4.78 is 17.4. The van der Waals surface area contributed by atoms with E-state index in [1.165, 1.54) is 12.2 Å². The average molecular weight is 344 g/mol. The molecule has 0 fully saturated rings. The number of hydrogen-bond acceptors (Lipinski definition) is 6. The van der Waals surface area contributed by atoms with Gasteiger partial charge in [-0.05, 0) is 24.6 Å². The van der Waals surface area contributed by atoms with Crippen molar-refractivity contribution in [3.63, 3.8) is 0 Å². The Bertz CT molecular complexity index is 582. The van der Waals surface area contributed by atoms with Crippen molar-refractivity contribution in [3.05, 3.63) is 70.1 Å². The van der Waals surface area contributed by atoms with Crippen molar-refractivity contribution in [1.29, 1.82) is 0 Å². The lowest BCUT2D eigenvalue weighted by Gasteiger charge is -2.09. The van der Waals surface area contributed by atoms with E-state index in [9.17, 15) is 19.3 Å². The highest BCUT2D eigenvalue weighted by atomic mass is 32.2. The molecule has 0 aliphatic heterocycles. The molecule has 0 amide bonds. The molecule has 3 N–H and O–H groups in total. The Morgan fingerprint density at radius 2 is 2.22 bits per heavy atom. The van der Waals surface area contributed by atoms with Gasteiger partial charge >= 0.3 is 11.7 Å². The molecule has 0 saturated heterocycles. The first-order valence-electron chi connectivity index (χ1n) is 6.31. The first-order chi connectivity index (χ1) is 10.9. The number of nitro groups is 1. The van der Waals surface area contributed by atoms with E-state index in [0.29, 0.717) is 0 Å². The molecule has 0 aromatic rings. The van der Waals surface area contributed by atoms with E-state index in [-0.39, 0.29) is 35.6 Å². The number of nitrogens with two attached hydrogens (primary N) is 1. The quantitative estimate of drug-likeness (QED) is 0.156. The van der Waals surface area contributed by atoms with Gasteiger partial charge in [0, 0.05) is 11.6 Å². The molecule has 0 aromatic carbocycles. The van der Waals surface area contributed by atoms with Crippen LogP contribution in [0.2, 0.25) is 0 Å². The second-order valence-corrected chi connectivity index (χ2v) is 4.52. The molecule has 0 aromatic heterocycles. The molecule has 0 unspecified atom stereocenters. The zero-order valence-corrected chi connectivity index (χ0v) is 13.2. The molecule has 0 spiro atoms. The summed E-state index contributed by atoms with van der Waals surface area (Å²) in [4.78, 5) is 21.5. The van der Waals surface area contributed by atoms with Crippen molar-refractivity contribution in [2.45, 2.75) is 13.3 Å². The van der Waals surface area contributed by atoms with Crippen molar-refractivity contribution >= 4 is 17.9 Å². The first kappa shape index (κ1) is 20.6. The van der Waals surface area contributed by atoms with Crippen LogP contribution in [0.15, 0.2) is 60.0 Å². The fraction of sp³-hybridized carbons (Fsp3) is 0.214. The van der Waals surface area contributed by atoms with Crippen molar-refractivity contribution < 1.29 is 24.0 Å². The van der Waals surface area contributed by atoms with Gasteiger partial charge < -0.3 is 9.84 Å². The van der Waals surface area contributed by atoms with Crippen LogP contribution in [0.3, 0.4) is 0 Å². The van der Waals surface area contributed by atoms with Crippen LogP contribution in [0.5, 0.6) is 0 Å². The number of carboxylic acid groups (broad SMARTS) is 1. The second-order valence-electron chi connectivity index (χ2n) is 3.90. The van der Waals surface area contributed by atoms with E-state index < -0.39 is 16.6 Å². The first-order valence-corrected chi connectivity index (χ1v) is 7.36. The van der Waals surface area contributed by atoms with Gasteiger partial charge in [0.1, 0.15) is 5.76 Å². The van der Waals surface area contributed by atoms with Crippen LogP contribution in [-0.2, 0) is 9.53 Å². The number of carboxylic acids is 1. The zero-order valence-electron chi connectivity index (χ0n) is 12.4. The number of allylic oxidation sites excluding steroid dienone is 4. The number of carbonyl (C=O) groups is 1. The highest BCUT2D eigenvalue weighted by molar-refractivity contribution is 7.97. The predicted molar refractivity (Wildman–Crippen MR) is 86.3 cm³/mol. The number of ether oxygens (including phenoxy) is 1. The molecule has 126 valence electrons. The molecule has 9 heteroatoms. The predicted octanol–water partition coefficient (Wildman–Crippen LogP) is 3.07. The second kappa shape index (κ2) is 11.2. The van der Waals surface area contributed by atoms with E-state index in [1.807, 2.05) is 0 Å². The Morgan fingerprint density at radius 3 is 2.61 bits per heavy atom. The highest BCUT2D eigenvalue weighted by Gasteiger charge is 2.21. The molecule has 0 heterocycles. The Hall–Kier alpha value is -2.39. The van der Waals surface area contributed by atoms with Crippen LogP contribution in [0.4, 0.5) is 4.39 Å². The minimum Gasteiger partial charge on any atom is -0.478 e. The molecule has 0 radical (unpaired) electrons. The summed E-state index contributed by atoms with van der Waals surface area (Å²) >= 11 is 0.757. The summed E-state index contributed by atoms with van der Waals surface area (Å²) in [6.45, 7) is 5.00. The highest BCUT2D eigenvalue weighted by Crippen LogP contribution is 2.19. The fourth-order valence-corrected chi connectivity index (χ4v) is 1.72. The molecule has 0 aliphatic carbocycles. The van der Waals surface area contributed by atoms with Crippen LogP contribution in [0.1, 0.15) is 13.3 Å². The summed E-state index contributed by atoms with van der Waals surface area (Å²) in [6, 6.07) is 0. The van der Waals surface area contributed by atoms with E-state index in [0.717, 1.165) is 24.1 Å². The Balaban J connectivity index is 6.01. The van der Waals surface area contributed by atoms with Gasteiger partial charge in [0.2, 0.25) is 0 Å². The van der Waals surface area contributed by atoms with E-state index in [1.54, 1.807) is 6.92 Å². The molecule has 0 saturated carbocycles. The monoisotopic (exact) mass is 344 g/mol. The van der Waals surface area contributed by atoms with E-state index in [2.05, 4.69) is 6.58 Å². The van der Waals surface area contributed by atoms with Gasteiger partial charge in [0.25, 0.3) is 0 Å². The molecular weight excluding hydrogens is 327 g/mol. The average Bonchev–Trinajstić information content (AvgIpc) is 2.50.